The topological polar surface area (TPSA) is 17.8 Å². The average molecular weight is 268 g/mol. The first kappa shape index (κ1) is 13.6. The summed E-state index contributed by atoms with van der Waals surface area (Å²) in [6.07, 6.45) is -2.40. The highest BCUT2D eigenvalue weighted by Crippen LogP contribution is 2.31. The van der Waals surface area contributed by atoms with E-state index in [9.17, 15) is 13.2 Å². The second-order valence-electron chi connectivity index (χ2n) is 4.78. The first-order valence-electron chi connectivity index (χ1n) is 6.02. The van der Waals surface area contributed by atoms with Crippen LogP contribution in [-0.2, 0) is 6.18 Å². The maximum Gasteiger partial charge on any atom is 0.416 e. The van der Waals surface area contributed by atoms with Crippen molar-refractivity contribution >= 4 is 0 Å². The number of imidazole rings is 1. The summed E-state index contributed by atoms with van der Waals surface area (Å²) in [6, 6.07) is 5.31. The predicted molar refractivity (Wildman–Crippen MR) is 67.8 cm³/mol. The molecule has 0 saturated heterocycles. The first-order valence-corrected chi connectivity index (χ1v) is 6.02. The van der Waals surface area contributed by atoms with Crippen LogP contribution < -0.4 is 0 Å². The zero-order valence-electron chi connectivity index (χ0n) is 11.0. The number of alkyl halides is 3. The van der Waals surface area contributed by atoms with Crippen LogP contribution in [0.5, 0.6) is 0 Å². The zero-order chi connectivity index (χ0) is 14.2. The molecule has 0 atom stereocenters. The molecule has 2 aromatic rings. The van der Waals surface area contributed by atoms with Crippen molar-refractivity contribution in [2.45, 2.75) is 33.0 Å². The number of aromatic nitrogens is 2. The van der Waals surface area contributed by atoms with Gasteiger partial charge in [0.2, 0.25) is 0 Å². The lowest BCUT2D eigenvalue weighted by molar-refractivity contribution is -0.137. The van der Waals surface area contributed by atoms with E-state index in [2.05, 4.69) is 4.98 Å². The smallest absolute Gasteiger partial charge is 0.328 e. The first-order chi connectivity index (χ1) is 8.79. The molecule has 0 aliphatic heterocycles. The zero-order valence-corrected chi connectivity index (χ0v) is 11.0. The Morgan fingerprint density at radius 1 is 1.11 bits per heavy atom. The summed E-state index contributed by atoms with van der Waals surface area (Å²) >= 11 is 0. The number of rotatable bonds is 2. The van der Waals surface area contributed by atoms with E-state index in [0.717, 1.165) is 17.8 Å². The Balaban J connectivity index is 2.43. The lowest BCUT2D eigenvalue weighted by Gasteiger charge is -2.12. The molecule has 0 amide bonds. The Morgan fingerprint density at radius 2 is 1.68 bits per heavy atom. The van der Waals surface area contributed by atoms with Crippen LogP contribution in [0.4, 0.5) is 13.2 Å². The van der Waals surface area contributed by atoms with Crippen LogP contribution in [-0.4, -0.2) is 9.55 Å². The van der Waals surface area contributed by atoms with Crippen LogP contribution in [0.2, 0.25) is 0 Å². The fourth-order valence-corrected chi connectivity index (χ4v) is 1.93. The van der Waals surface area contributed by atoms with Crippen molar-refractivity contribution in [1.29, 1.82) is 0 Å². The van der Waals surface area contributed by atoms with Crippen LogP contribution >= 0.6 is 0 Å². The molecule has 19 heavy (non-hydrogen) atoms. The summed E-state index contributed by atoms with van der Waals surface area (Å²) in [5, 5.41) is 0. The largest absolute Gasteiger partial charge is 0.416 e. The van der Waals surface area contributed by atoms with Crippen LogP contribution in [0.15, 0.2) is 30.5 Å². The van der Waals surface area contributed by atoms with Gasteiger partial charge in [0.25, 0.3) is 0 Å². The van der Waals surface area contributed by atoms with E-state index in [-0.39, 0.29) is 6.04 Å². The lowest BCUT2D eigenvalue weighted by Crippen LogP contribution is -2.05. The van der Waals surface area contributed by atoms with E-state index >= 15 is 0 Å². The fraction of sp³-hybridized carbons (Fsp3) is 0.357. The van der Waals surface area contributed by atoms with Crippen molar-refractivity contribution in [1.82, 2.24) is 9.55 Å². The van der Waals surface area contributed by atoms with E-state index in [1.807, 2.05) is 31.5 Å². The second kappa shape index (κ2) is 4.72. The van der Waals surface area contributed by atoms with E-state index in [1.165, 1.54) is 12.1 Å². The van der Waals surface area contributed by atoms with Gasteiger partial charge >= 0.3 is 6.18 Å². The number of halogens is 3. The molecule has 0 bridgehead atoms. The van der Waals surface area contributed by atoms with Gasteiger partial charge in [0.15, 0.2) is 0 Å². The Morgan fingerprint density at radius 3 is 2.16 bits per heavy atom. The van der Waals surface area contributed by atoms with Crippen molar-refractivity contribution in [3.63, 3.8) is 0 Å². The molecule has 0 radical (unpaired) electrons. The number of aryl methyl sites for hydroxylation is 1. The third-order valence-corrected chi connectivity index (χ3v) is 2.88. The number of nitrogens with zero attached hydrogens (tertiary/aromatic N) is 2. The Bertz CT molecular complexity index is 565. The van der Waals surface area contributed by atoms with Crippen molar-refractivity contribution in [3.8, 4) is 11.4 Å². The molecule has 0 saturated carbocycles. The molecule has 0 N–H and O–H groups in total. The summed E-state index contributed by atoms with van der Waals surface area (Å²) < 4.78 is 39.5. The van der Waals surface area contributed by atoms with Gasteiger partial charge in [-0.25, -0.2) is 4.98 Å². The summed E-state index contributed by atoms with van der Waals surface area (Å²) in [5.41, 5.74) is 0.897. The summed E-state index contributed by atoms with van der Waals surface area (Å²) in [5.74, 6) is 0.696. The number of hydrogen-bond acceptors (Lipinski definition) is 1. The number of hydrogen-bond donors (Lipinski definition) is 0. The summed E-state index contributed by atoms with van der Waals surface area (Å²) in [4.78, 5) is 4.38. The summed E-state index contributed by atoms with van der Waals surface area (Å²) in [7, 11) is 0. The van der Waals surface area contributed by atoms with Crippen LogP contribution in [0.25, 0.3) is 11.4 Å². The van der Waals surface area contributed by atoms with Gasteiger partial charge in [0, 0.05) is 17.8 Å². The maximum absolute atomic E-state index is 12.5. The molecular formula is C14H15F3N2. The van der Waals surface area contributed by atoms with Gasteiger partial charge in [-0.2, -0.15) is 13.2 Å². The van der Waals surface area contributed by atoms with Crippen molar-refractivity contribution < 1.29 is 13.2 Å². The minimum Gasteiger partial charge on any atom is -0.328 e. The molecule has 0 aliphatic rings. The summed E-state index contributed by atoms with van der Waals surface area (Å²) in [6.45, 7) is 5.88. The number of benzene rings is 1. The maximum atomic E-state index is 12.5. The second-order valence-corrected chi connectivity index (χ2v) is 4.78. The standard InChI is InChI=1S/C14H15F3N2/c1-9(2)19-8-10(3)18-13(19)11-4-6-12(7-5-11)14(15,16)17/h4-9H,1-3H3. The molecule has 0 unspecified atom stereocenters. The molecular weight excluding hydrogens is 253 g/mol. The lowest BCUT2D eigenvalue weighted by atomic mass is 10.1. The molecule has 0 aliphatic carbocycles. The van der Waals surface area contributed by atoms with Crippen molar-refractivity contribution in [3.05, 3.63) is 41.7 Å². The van der Waals surface area contributed by atoms with Crippen LogP contribution in [0, 0.1) is 6.92 Å². The van der Waals surface area contributed by atoms with Gasteiger partial charge in [-0.3, -0.25) is 0 Å². The minimum atomic E-state index is -4.30. The van der Waals surface area contributed by atoms with Crippen LogP contribution in [0.1, 0.15) is 31.1 Å². The predicted octanol–water partition coefficient (Wildman–Crippen LogP) is 4.46. The third kappa shape index (κ3) is 2.80. The molecule has 2 rings (SSSR count). The van der Waals surface area contributed by atoms with Crippen LogP contribution in [0.3, 0.4) is 0 Å². The highest BCUT2D eigenvalue weighted by Gasteiger charge is 2.30. The highest BCUT2D eigenvalue weighted by molar-refractivity contribution is 5.57. The van der Waals surface area contributed by atoms with E-state index in [0.29, 0.717) is 11.4 Å². The molecule has 1 aromatic heterocycles. The highest BCUT2D eigenvalue weighted by atomic mass is 19.4. The van der Waals surface area contributed by atoms with Gasteiger partial charge in [-0.15, -0.1) is 0 Å². The van der Waals surface area contributed by atoms with Gasteiger partial charge in [0.1, 0.15) is 5.82 Å². The van der Waals surface area contributed by atoms with E-state index in [4.69, 9.17) is 0 Å². The van der Waals surface area contributed by atoms with E-state index in [1.54, 1.807) is 0 Å². The molecule has 1 heterocycles. The third-order valence-electron chi connectivity index (χ3n) is 2.88. The monoisotopic (exact) mass is 268 g/mol. The van der Waals surface area contributed by atoms with Gasteiger partial charge in [-0.1, -0.05) is 12.1 Å². The molecule has 0 fully saturated rings. The molecule has 5 heteroatoms. The Labute approximate surface area is 109 Å². The van der Waals surface area contributed by atoms with Gasteiger partial charge in [-0.05, 0) is 32.9 Å². The molecule has 102 valence electrons. The van der Waals surface area contributed by atoms with Gasteiger partial charge < -0.3 is 4.57 Å². The molecule has 2 nitrogen and oxygen atoms in total. The SMILES string of the molecule is Cc1cn(C(C)C)c(-c2ccc(C(F)(F)F)cc2)n1. The van der Waals surface area contributed by atoms with Gasteiger partial charge in [0.05, 0.1) is 11.3 Å². The van der Waals surface area contributed by atoms with Crippen molar-refractivity contribution in [2.75, 3.05) is 0 Å². The minimum absolute atomic E-state index is 0.207. The fourth-order valence-electron chi connectivity index (χ4n) is 1.93. The quantitative estimate of drug-likeness (QED) is 0.786. The van der Waals surface area contributed by atoms with Crippen molar-refractivity contribution in [2.24, 2.45) is 0 Å². The van der Waals surface area contributed by atoms with E-state index < -0.39 is 11.7 Å². The normalized spacial score (nSPS) is 12.2. The molecule has 0 spiro atoms. The Kier molecular flexibility index (Phi) is 3.39. The molecule has 1 aromatic carbocycles. The average Bonchev–Trinajstić information content (AvgIpc) is 2.70. The Hall–Kier alpha value is -1.78.